The molecule has 3 rings (SSSR count). The Kier molecular flexibility index (Phi) is 6.18. The van der Waals surface area contributed by atoms with Crippen molar-refractivity contribution in [3.8, 4) is 16.9 Å². The molecule has 0 unspecified atom stereocenters. The normalized spacial score (nSPS) is 10.7. The maximum atomic E-state index is 13.6. The number of nitrogens with zero attached hydrogens (tertiary/aromatic N) is 1. The number of hydrogen-bond acceptors (Lipinski definition) is 3. The number of carbonyl (C=O) groups excluding carboxylic acids is 1. The predicted octanol–water partition coefficient (Wildman–Crippen LogP) is 4.68. The second-order valence-corrected chi connectivity index (χ2v) is 6.01. The average Bonchev–Trinajstić information content (AvgIpc) is 2.70. The van der Waals surface area contributed by atoms with Gasteiger partial charge in [0.25, 0.3) is 5.91 Å². The van der Waals surface area contributed by atoms with Crippen LogP contribution in [0.25, 0.3) is 11.1 Å². The summed E-state index contributed by atoms with van der Waals surface area (Å²) in [5.74, 6) is -0.424. The molecule has 3 aromatic rings. The molecule has 0 radical (unpaired) electrons. The molecule has 0 atom stereocenters. The van der Waals surface area contributed by atoms with Crippen LogP contribution in [-0.4, -0.2) is 18.7 Å². The van der Waals surface area contributed by atoms with Crippen molar-refractivity contribution in [2.75, 3.05) is 6.61 Å². The minimum Gasteiger partial charge on any atom is -0.484 e. The summed E-state index contributed by atoms with van der Waals surface area (Å²) < 4.78 is 19.0. The van der Waals surface area contributed by atoms with Gasteiger partial charge < -0.3 is 4.74 Å². The van der Waals surface area contributed by atoms with Crippen molar-refractivity contribution >= 4 is 23.7 Å². The van der Waals surface area contributed by atoms with E-state index in [1.54, 1.807) is 12.1 Å². The lowest BCUT2D eigenvalue weighted by Gasteiger charge is -2.07. The van der Waals surface area contributed by atoms with Crippen molar-refractivity contribution in [3.05, 3.63) is 89.2 Å². The molecule has 0 aliphatic carbocycles. The third-order valence-electron chi connectivity index (χ3n) is 3.71. The summed E-state index contributed by atoms with van der Waals surface area (Å²) >= 11 is 5.87. The molecule has 0 aromatic heterocycles. The molecule has 27 heavy (non-hydrogen) atoms. The number of ether oxygens (including phenoxy) is 1. The largest absolute Gasteiger partial charge is 0.484 e. The van der Waals surface area contributed by atoms with Gasteiger partial charge in [-0.2, -0.15) is 5.10 Å². The quantitative estimate of drug-likeness (QED) is 0.497. The number of halogens is 2. The molecule has 1 N–H and O–H groups in total. The first-order valence-electron chi connectivity index (χ1n) is 8.17. The van der Waals surface area contributed by atoms with Gasteiger partial charge in [-0.3, -0.25) is 4.79 Å². The van der Waals surface area contributed by atoms with Gasteiger partial charge in [-0.05, 0) is 35.4 Å². The molecule has 6 heteroatoms. The summed E-state index contributed by atoms with van der Waals surface area (Å²) in [6.45, 7) is -0.215. The van der Waals surface area contributed by atoms with Crippen LogP contribution in [-0.2, 0) is 4.79 Å². The number of hydrazone groups is 1. The molecule has 0 saturated carbocycles. The van der Waals surface area contributed by atoms with E-state index in [0.717, 1.165) is 17.3 Å². The molecule has 4 nitrogen and oxygen atoms in total. The van der Waals surface area contributed by atoms with Gasteiger partial charge in [0, 0.05) is 5.56 Å². The topological polar surface area (TPSA) is 50.7 Å². The number of benzene rings is 3. The summed E-state index contributed by atoms with van der Waals surface area (Å²) in [5.41, 5.74) is 4.54. The Labute approximate surface area is 161 Å². The Hall–Kier alpha value is -3.18. The first kappa shape index (κ1) is 18.6. The fraction of sp³-hybridized carbons (Fsp3) is 0.0476. The fourth-order valence-corrected chi connectivity index (χ4v) is 2.57. The summed E-state index contributed by atoms with van der Waals surface area (Å²) in [4.78, 5) is 11.8. The molecular formula is C21H16ClFN2O2. The van der Waals surface area contributed by atoms with Gasteiger partial charge in [0.05, 0.1) is 11.2 Å². The third-order valence-corrected chi connectivity index (χ3v) is 4.04. The van der Waals surface area contributed by atoms with E-state index in [1.165, 1.54) is 18.2 Å². The lowest BCUT2D eigenvalue weighted by Crippen LogP contribution is -2.24. The van der Waals surface area contributed by atoms with Crippen molar-refractivity contribution in [2.24, 2.45) is 5.10 Å². The van der Waals surface area contributed by atoms with Crippen LogP contribution in [0.5, 0.6) is 5.75 Å². The lowest BCUT2D eigenvalue weighted by molar-refractivity contribution is -0.123. The van der Waals surface area contributed by atoms with Gasteiger partial charge in [0.2, 0.25) is 0 Å². The highest BCUT2D eigenvalue weighted by molar-refractivity contribution is 6.33. The Bertz CT molecular complexity index is 924. The monoisotopic (exact) mass is 382 g/mol. The van der Waals surface area contributed by atoms with Gasteiger partial charge in [0.1, 0.15) is 11.6 Å². The van der Waals surface area contributed by atoms with Crippen LogP contribution in [0.1, 0.15) is 5.56 Å². The van der Waals surface area contributed by atoms with E-state index < -0.39 is 11.7 Å². The maximum absolute atomic E-state index is 13.6. The molecular weight excluding hydrogens is 367 g/mol. The van der Waals surface area contributed by atoms with E-state index in [-0.39, 0.29) is 17.2 Å². The summed E-state index contributed by atoms with van der Waals surface area (Å²) in [6, 6.07) is 21.6. The standard InChI is InChI=1S/C21H16ClFN2O2/c22-19-7-4-8-20(23)18(19)13-24-25-21(26)14-27-17-11-9-16(10-12-17)15-5-2-1-3-6-15/h1-13H,14H2,(H,25,26)/b24-13-. The molecule has 0 heterocycles. The van der Waals surface area contributed by atoms with E-state index in [2.05, 4.69) is 10.5 Å². The minimum absolute atomic E-state index is 0.108. The van der Waals surface area contributed by atoms with E-state index in [0.29, 0.717) is 5.75 Å². The first-order chi connectivity index (χ1) is 13.1. The van der Waals surface area contributed by atoms with Gasteiger partial charge >= 0.3 is 0 Å². The second-order valence-electron chi connectivity index (χ2n) is 5.61. The second kappa shape index (κ2) is 8.96. The van der Waals surface area contributed by atoms with Gasteiger partial charge in [-0.15, -0.1) is 0 Å². The number of hydrogen-bond donors (Lipinski definition) is 1. The zero-order valence-electron chi connectivity index (χ0n) is 14.2. The van der Waals surface area contributed by atoms with Crippen LogP contribution in [0.15, 0.2) is 77.9 Å². The third kappa shape index (κ3) is 5.15. The SMILES string of the molecule is O=C(COc1ccc(-c2ccccc2)cc1)N/N=C\c1c(F)cccc1Cl. The van der Waals surface area contributed by atoms with Crippen molar-refractivity contribution < 1.29 is 13.9 Å². The highest BCUT2D eigenvalue weighted by Gasteiger charge is 2.05. The van der Waals surface area contributed by atoms with E-state index >= 15 is 0 Å². The first-order valence-corrected chi connectivity index (χ1v) is 8.55. The highest BCUT2D eigenvalue weighted by atomic mass is 35.5. The Balaban J connectivity index is 1.51. The van der Waals surface area contributed by atoms with E-state index in [9.17, 15) is 9.18 Å². The smallest absolute Gasteiger partial charge is 0.277 e. The Morgan fingerprint density at radius 1 is 1.00 bits per heavy atom. The molecule has 0 fully saturated rings. The fourth-order valence-electron chi connectivity index (χ4n) is 2.36. The lowest BCUT2D eigenvalue weighted by atomic mass is 10.1. The highest BCUT2D eigenvalue weighted by Crippen LogP contribution is 2.22. The zero-order chi connectivity index (χ0) is 19.1. The van der Waals surface area contributed by atoms with Crippen molar-refractivity contribution in [3.63, 3.8) is 0 Å². The molecule has 3 aromatic carbocycles. The molecule has 0 aliphatic rings. The van der Waals surface area contributed by atoms with Crippen molar-refractivity contribution in [2.45, 2.75) is 0 Å². The summed E-state index contributed by atoms with van der Waals surface area (Å²) in [7, 11) is 0. The molecule has 0 saturated heterocycles. The van der Waals surface area contributed by atoms with Gasteiger partial charge in [-0.1, -0.05) is 60.1 Å². The van der Waals surface area contributed by atoms with E-state index in [4.69, 9.17) is 16.3 Å². The zero-order valence-corrected chi connectivity index (χ0v) is 15.0. The molecule has 0 aliphatic heterocycles. The number of nitrogens with one attached hydrogen (secondary N) is 1. The van der Waals surface area contributed by atoms with Crippen molar-refractivity contribution in [1.82, 2.24) is 5.43 Å². The number of rotatable bonds is 6. The molecule has 0 bridgehead atoms. The van der Waals surface area contributed by atoms with Crippen LogP contribution < -0.4 is 10.2 Å². The Morgan fingerprint density at radius 2 is 1.70 bits per heavy atom. The maximum Gasteiger partial charge on any atom is 0.277 e. The molecule has 136 valence electrons. The average molecular weight is 383 g/mol. The van der Waals surface area contributed by atoms with Crippen LogP contribution in [0.3, 0.4) is 0 Å². The van der Waals surface area contributed by atoms with Gasteiger partial charge in [-0.25, -0.2) is 9.82 Å². The molecule has 1 amide bonds. The number of amides is 1. The minimum atomic E-state index is -0.518. The van der Waals surface area contributed by atoms with Crippen LogP contribution in [0.4, 0.5) is 4.39 Å². The summed E-state index contributed by atoms with van der Waals surface area (Å²) in [5, 5.41) is 3.91. The van der Waals surface area contributed by atoms with Crippen LogP contribution in [0, 0.1) is 5.82 Å². The summed E-state index contributed by atoms with van der Waals surface area (Å²) in [6.07, 6.45) is 1.16. The Morgan fingerprint density at radius 3 is 2.41 bits per heavy atom. The van der Waals surface area contributed by atoms with Crippen molar-refractivity contribution in [1.29, 1.82) is 0 Å². The van der Waals surface area contributed by atoms with E-state index in [1.807, 2.05) is 42.5 Å². The van der Waals surface area contributed by atoms with Gasteiger partial charge in [0.15, 0.2) is 6.61 Å². The predicted molar refractivity (Wildman–Crippen MR) is 105 cm³/mol. The number of carbonyl (C=O) groups is 1. The van der Waals surface area contributed by atoms with Crippen LogP contribution >= 0.6 is 11.6 Å². The molecule has 0 spiro atoms. The van der Waals surface area contributed by atoms with Crippen LogP contribution in [0.2, 0.25) is 5.02 Å².